The van der Waals surface area contributed by atoms with E-state index < -0.39 is 0 Å². The summed E-state index contributed by atoms with van der Waals surface area (Å²) in [5, 5.41) is 20.1. The monoisotopic (exact) mass is 556 g/mol. The number of hydrogen-bond donors (Lipinski definition) is 2. The third-order valence-corrected chi connectivity index (χ3v) is 8.63. The lowest BCUT2D eigenvalue weighted by Crippen LogP contribution is -2.26. The summed E-state index contributed by atoms with van der Waals surface area (Å²) < 4.78 is 17.1. The zero-order chi connectivity index (χ0) is 28.6. The zero-order valence-electron chi connectivity index (χ0n) is 25.9. The van der Waals surface area contributed by atoms with Gasteiger partial charge in [0.25, 0.3) is 0 Å². The average molecular weight is 557 g/mol. The van der Waals surface area contributed by atoms with Gasteiger partial charge in [-0.1, -0.05) is 97.3 Å². The number of ether oxygens (including phenoxy) is 3. The molecule has 0 spiro atoms. The fourth-order valence-electron chi connectivity index (χ4n) is 6.23. The summed E-state index contributed by atoms with van der Waals surface area (Å²) in [6, 6.07) is 0. The highest BCUT2D eigenvalue weighted by molar-refractivity contribution is 5.69. The van der Waals surface area contributed by atoms with Gasteiger partial charge in [-0.25, -0.2) is 0 Å². The Kier molecular flexibility index (Phi) is 23.3. The maximum absolute atomic E-state index is 12.0. The van der Waals surface area contributed by atoms with E-state index in [1.165, 1.54) is 57.8 Å². The second-order valence-electron chi connectivity index (χ2n) is 11.8. The summed E-state index contributed by atoms with van der Waals surface area (Å²) in [5.41, 5.74) is 0. The van der Waals surface area contributed by atoms with Crippen LogP contribution in [0.1, 0.15) is 149 Å². The fourth-order valence-corrected chi connectivity index (χ4v) is 6.23. The smallest absolute Gasteiger partial charge is 0.305 e. The predicted molar refractivity (Wildman–Crippen MR) is 160 cm³/mol. The van der Waals surface area contributed by atoms with Crippen LogP contribution in [0.15, 0.2) is 0 Å². The SMILES string of the molecule is CCCCCCCCCCOC(=O)CCCCCC[C@@H]1[C@@H](CCC(CCCCC)OC)[C@H](OCCO)C[C@@H]1O. The van der Waals surface area contributed by atoms with Crippen LogP contribution in [0, 0.1) is 11.8 Å². The lowest BCUT2D eigenvalue weighted by atomic mass is 9.84. The van der Waals surface area contributed by atoms with Gasteiger partial charge in [0.2, 0.25) is 0 Å². The van der Waals surface area contributed by atoms with Gasteiger partial charge in [0.05, 0.1) is 38.1 Å². The first kappa shape index (κ1) is 36.3. The normalized spacial score (nSPS) is 21.9. The van der Waals surface area contributed by atoms with Crippen LogP contribution in [0.4, 0.5) is 0 Å². The molecule has 39 heavy (non-hydrogen) atoms. The Balaban J connectivity index is 2.25. The van der Waals surface area contributed by atoms with E-state index in [1.54, 1.807) is 0 Å². The fraction of sp³-hybridized carbons (Fsp3) is 0.970. The van der Waals surface area contributed by atoms with Gasteiger partial charge in [-0.05, 0) is 50.4 Å². The summed E-state index contributed by atoms with van der Waals surface area (Å²) in [5.74, 6) is 0.486. The third-order valence-electron chi connectivity index (χ3n) is 8.63. The Hall–Kier alpha value is -0.690. The van der Waals surface area contributed by atoms with Crippen molar-refractivity contribution in [1.82, 2.24) is 0 Å². The first-order valence-electron chi connectivity index (χ1n) is 16.7. The molecule has 232 valence electrons. The van der Waals surface area contributed by atoms with Crippen LogP contribution in [0.5, 0.6) is 0 Å². The second-order valence-corrected chi connectivity index (χ2v) is 11.8. The van der Waals surface area contributed by atoms with Gasteiger partial charge in [0.1, 0.15) is 0 Å². The van der Waals surface area contributed by atoms with E-state index in [9.17, 15) is 15.0 Å². The van der Waals surface area contributed by atoms with Crippen molar-refractivity contribution in [1.29, 1.82) is 0 Å². The van der Waals surface area contributed by atoms with E-state index in [2.05, 4.69) is 13.8 Å². The number of esters is 1. The van der Waals surface area contributed by atoms with Crippen LogP contribution < -0.4 is 0 Å². The summed E-state index contributed by atoms with van der Waals surface area (Å²) in [7, 11) is 1.81. The highest BCUT2D eigenvalue weighted by atomic mass is 16.5. The number of hydrogen-bond acceptors (Lipinski definition) is 6. The highest BCUT2D eigenvalue weighted by Gasteiger charge is 2.42. The molecule has 0 amide bonds. The van der Waals surface area contributed by atoms with Gasteiger partial charge in [-0.3, -0.25) is 4.79 Å². The van der Waals surface area contributed by atoms with E-state index in [-0.39, 0.29) is 36.8 Å². The molecular formula is C33H64O6. The molecule has 6 heteroatoms. The Bertz CT molecular complexity index is 556. The Morgan fingerprint density at radius 2 is 1.41 bits per heavy atom. The molecule has 0 radical (unpaired) electrons. The number of carbonyl (C=O) groups is 1. The summed E-state index contributed by atoms with van der Waals surface area (Å²) in [6.45, 7) is 5.38. The number of aliphatic hydroxyl groups excluding tert-OH is 2. The minimum absolute atomic E-state index is 0.0149. The molecule has 1 saturated carbocycles. The van der Waals surface area contributed by atoms with E-state index in [1.807, 2.05) is 7.11 Å². The molecule has 0 aromatic heterocycles. The maximum atomic E-state index is 12.0. The summed E-state index contributed by atoms with van der Waals surface area (Å²) in [6.07, 6.45) is 22.9. The molecule has 0 aromatic rings. The molecule has 0 aliphatic heterocycles. The van der Waals surface area contributed by atoms with Gasteiger partial charge in [0, 0.05) is 20.0 Å². The van der Waals surface area contributed by atoms with Crippen molar-refractivity contribution in [2.45, 2.75) is 167 Å². The third kappa shape index (κ3) is 17.7. The number of carbonyl (C=O) groups excluding carboxylic acids is 1. The molecule has 1 aliphatic rings. The van der Waals surface area contributed by atoms with Crippen LogP contribution in [-0.2, 0) is 19.0 Å². The standard InChI is InChI=1S/C33H64O6/c1-4-6-8-9-10-11-14-18-25-39-33(36)21-17-13-12-16-20-29-30(32(27-31(29)35)38-26-24-34)23-22-28(37-3)19-15-7-5-2/h28-32,34-35H,4-27H2,1-3H3/t28?,29-,30-,31+,32-/m1/s1. The van der Waals surface area contributed by atoms with Crippen LogP contribution in [0.3, 0.4) is 0 Å². The lowest BCUT2D eigenvalue weighted by Gasteiger charge is -2.27. The first-order chi connectivity index (χ1) is 19.1. The molecule has 1 aliphatic carbocycles. The molecule has 0 saturated heterocycles. The van der Waals surface area contributed by atoms with Gasteiger partial charge < -0.3 is 24.4 Å². The predicted octanol–water partition coefficient (Wildman–Crippen LogP) is 7.76. The van der Waals surface area contributed by atoms with E-state index >= 15 is 0 Å². The van der Waals surface area contributed by atoms with Gasteiger partial charge in [-0.15, -0.1) is 0 Å². The van der Waals surface area contributed by atoms with Gasteiger partial charge >= 0.3 is 5.97 Å². The Morgan fingerprint density at radius 3 is 2.10 bits per heavy atom. The Labute approximate surface area is 241 Å². The van der Waals surface area contributed by atoms with Crippen molar-refractivity contribution >= 4 is 5.97 Å². The van der Waals surface area contributed by atoms with Crippen LogP contribution in [0.2, 0.25) is 0 Å². The minimum atomic E-state index is -0.342. The van der Waals surface area contributed by atoms with Crippen molar-refractivity contribution in [2.24, 2.45) is 11.8 Å². The van der Waals surface area contributed by atoms with Crippen LogP contribution in [0.25, 0.3) is 0 Å². The maximum Gasteiger partial charge on any atom is 0.305 e. The minimum Gasteiger partial charge on any atom is -0.466 e. The quantitative estimate of drug-likeness (QED) is 0.0794. The molecule has 5 atom stereocenters. The van der Waals surface area contributed by atoms with Crippen molar-refractivity contribution < 1.29 is 29.2 Å². The molecule has 1 unspecified atom stereocenters. The average Bonchev–Trinajstić information content (AvgIpc) is 3.23. The molecule has 1 rings (SSSR count). The van der Waals surface area contributed by atoms with Crippen molar-refractivity contribution in [3.8, 4) is 0 Å². The second kappa shape index (κ2) is 25.1. The molecule has 0 aromatic carbocycles. The summed E-state index contributed by atoms with van der Waals surface area (Å²) >= 11 is 0. The van der Waals surface area contributed by atoms with Crippen LogP contribution >= 0.6 is 0 Å². The molecule has 0 bridgehead atoms. The van der Waals surface area contributed by atoms with Crippen LogP contribution in [-0.4, -0.2) is 61.4 Å². The van der Waals surface area contributed by atoms with Gasteiger partial charge in [0.15, 0.2) is 0 Å². The topological polar surface area (TPSA) is 85.2 Å². The highest BCUT2D eigenvalue weighted by Crippen LogP contribution is 2.41. The number of unbranched alkanes of at least 4 members (excludes halogenated alkanes) is 12. The summed E-state index contributed by atoms with van der Waals surface area (Å²) in [4.78, 5) is 12.0. The number of rotatable bonds is 27. The van der Waals surface area contributed by atoms with E-state index in [4.69, 9.17) is 14.2 Å². The van der Waals surface area contributed by atoms with Gasteiger partial charge in [-0.2, -0.15) is 0 Å². The van der Waals surface area contributed by atoms with E-state index in [0.29, 0.717) is 32.0 Å². The molecule has 2 N–H and O–H groups in total. The van der Waals surface area contributed by atoms with Crippen molar-refractivity contribution in [3.05, 3.63) is 0 Å². The molecule has 6 nitrogen and oxygen atoms in total. The zero-order valence-corrected chi connectivity index (χ0v) is 25.9. The molecule has 1 fully saturated rings. The Morgan fingerprint density at radius 1 is 0.769 bits per heavy atom. The van der Waals surface area contributed by atoms with E-state index in [0.717, 1.165) is 64.2 Å². The number of methoxy groups -OCH3 is 1. The van der Waals surface area contributed by atoms with Crippen molar-refractivity contribution in [3.63, 3.8) is 0 Å². The van der Waals surface area contributed by atoms with Crippen molar-refractivity contribution in [2.75, 3.05) is 26.9 Å². The first-order valence-corrected chi connectivity index (χ1v) is 16.7. The number of aliphatic hydroxyl groups is 2. The lowest BCUT2D eigenvalue weighted by molar-refractivity contribution is -0.143. The molecule has 0 heterocycles. The molecular weight excluding hydrogens is 492 g/mol. The largest absolute Gasteiger partial charge is 0.466 e.